The molecule has 0 radical (unpaired) electrons. The highest BCUT2D eigenvalue weighted by molar-refractivity contribution is 5.96. The van der Waals surface area contributed by atoms with Crippen LogP contribution in [0.3, 0.4) is 0 Å². The van der Waals surface area contributed by atoms with Crippen molar-refractivity contribution >= 4 is 11.5 Å². The summed E-state index contributed by atoms with van der Waals surface area (Å²) in [5.74, 6) is -1.31. The number of fused-ring (bicyclic) bond motifs is 1. The first-order chi connectivity index (χ1) is 8.63. The van der Waals surface area contributed by atoms with Gasteiger partial charge in [-0.05, 0) is 42.9 Å². The molecular formula is C14H13F2NO. The number of allylic oxidation sites excluding steroid dienone is 1. The Hall–Kier alpha value is -1.71. The van der Waals surface area contributed by atoms with Gasteiger partial charge >= 0.3 is 0 Å². The predicted molar refractivity (Wildman–Crippen MR) is 63.8 cm³/mol. The summed E-state index contributed by atoms with van der Waals surface area (Å²) >= 11 is 0. The van der Waals surface area contributed by atoms with Gasteiger partial charge in [0.05, 0.1) is 0 Å². The fourth-order valence-electron chi connectivity index (χ4n) is 2.35. The van der Waals surface area contributed by atoms with Crippen molar-refractivity contribution in [3.8, 4) is 0 Å². The van der Waals surface area contributed by atoms with E-state index in [0.29, 0.717) is 29.5 Å². The number of halogens is 2. The molecule has 0 unspecified atom stereocenters. The van der Waals surface area contributed by atoms with E-state index in [1.54, 1.807) is 0 Å². The van der Waals surface area contributed by atoms with Crippen LogP contribution >= 0.6 is 0 Å². The molecule has 94 valence electrons. The van der Waals surface area contributed by atoms with Crippen molar-refractivity contribution in [2.45, 2.75) is 31.7 Å². The minimum atomic E-state index is -0.576. The van der Waals surface area contributed by atoms with E-state index in [2.05, 4.69) is 5.32 Å². The van der Waals surface area contributed by atoms with E-state index in [4.69, 9.17) is 0 Å². The Morgan fingerprint density at radius 3 is 2.78 bits per heavy atom. The second-order valence-electron chi connectivity index (χ2n) is 4.87. The van der Waals surface area contributed by atoms with E-state index < -0.39 is 11.6 Å². The minimum Gasteiger partial charge on any atom is -0.350 e. The average molecular weight is 249 g/mol. The van der Waals surface area contributed by atoms with E-state index in [0.717, 1.165) is 18.9 Å². The molecule has 18 heavy (non-hydrogen) atoms. The van der Waals surface area contributed by atoms with E-state index in [9.17, 15) is 13.6 Å². The molecule has 0 saturated heterocycles. The quantitative estimate of drug-likeness (QED) is 0.802. The van der Waals surface area contributed by atoms with Crippen molar-refractivity contribution in [2.24, 2.45) is 0 Å². The summed E-state index contributed by atoms with van der Waals surface area (Å²) < 4.78 is 26.8. The highest BCUT2D eigenvalue weighted by Crippen LogP contribution is 2.34. The summed E-state index contributed by atoms with van der Waals surface area (Å²) in [5.41, 5.74) is 1.72. The van der Waals surface area contributed by atoms with Crippen LogP contribution < -0.4 is 5.32 Å². The molecule has 2 aliphatic carbocycles. The van der Waals surface area contributed by atoms with Gasteiger partial charge < -0.3 is 5.32 Å². The van der Waals surface area contributed by atoms with E-state index in [1.165, 1.54) is 12.1 Å². The van der Waals surface area contributed by atoms with Gasteiger partial charge in [-0.15, -0.1) is 0 Å². The lowest BCUT2D eigenvalue weighted by molar-refractivity contribution is -0.116. The Balaban J connectivity index is 1.89. The molecule has 0 bridgehead atoms. The molecule has 3 rings (SSSR count). The van der Waals surface area contributed by atoms with E-state index >= 15 is 0 Å². The Kier molecular flexibility index (Phi) is 2.65. The average Bonchev–Trinajstić information content (AvgIpc) is 2.99. The first-order valence-electron chi connectivity index (χ1n) is 6.13. The zero-order chi connectivity index (χ0) is 12.7. The van der Waals surface area contributed by atoms with Crippen molar-refractivity contribution in [3.05, 3.63) is 41.0 Å². The number of nitrogens with one attached hydrogen (secondary N) is 1. The van der Waals surface area contributed by atoms with Crippen LogP contribution in [0, 0.1) is 11.6 Å². The molecule has 1 saturated carbocycles. The van der Waals surface area contributed by atoms with Gasteiger partial charge in [0.1, 0.15) is 11.6 Å². The van der Waals surface area contributed by atoms with Crippen molar-refractivity contribution in [2.75, 3.05) is 0 Å². The van der Waals surface area contributed by atoms with Crippen molar-refractivity contribution in [1.29, 1.82) is 0 Å². The number of carbonyl (C=O) groups excluding carboxylic acids is 1. The van der Waals surface area contributed by atoms with Gasteiger partial charge in [0.15, 0.2) is 0 Å². The second kappa shape index (κ2) is 4.19. The van der Waals surface area contributed by atoms with Crippen LogP contribution in [-0.4, -0.2) is 11.9 Å². The fourth-order valence-corrected chi connectivity index (χ4v) is 2.35. The lowest BCUT2D eigenvalue weighted by atomic mass is 10.1. The van der Waals surface area contributed by atoms with Crippen molar-refractivity contribution in [1.82, 2.24) is 5.32 Å². The molecular weight excluding hydrogens is 236 g/mol. The fraction of sp³-hybridized carbons (Fsp3) is 0.357. The van der Waals surface area contributed by atoms with Gasteiger partial charge in [-0.3, -0.25) is 4.79 Å². The molecule has 0 heterocycles. The van der Waals surface area contributed by atoms with Crippen molar-refractivity contribution < 1.29 is 13.6 Å². The second-order valence-corrected chi connectivity index (χ2v) is 4.87. The van der Waals surface area contributed by atoms with Crippen LogP contribution in [0.5, 0.6) is 0 Å². The van der Waals surface area contributed by atoms with Gasteiger partial charge in [0, 0.05) is 23.7 Å². The van der Waals surface area contributed by atoms with Crippen LogP contribution in [0.4, 0.5) is 8.78 Å². The Morgan fingerprint density at radius 2 is 2.06 bits per heavy atom. The Labute approximate surface area is 104 Å². The molecule has 1 fully saturated rings. The monoisotopic (exact) mass is 249 g/mol. The first-order valence-corrected chi connectivity index (χ1v) is 6.13. The molecule has 1 N–H and O–H groups in total. The largest absolute Gasteiger partial charge is 0.350 e. The number of amides is 1. The molecule has 2 nitrogen and oxygen atoms in total. The van der Waals surface area contributed by atoms with Gasteiger partial charge in [0.25, 0.3) is 0 Å². The third-order valence-corrected chi connectivity index (χ3v) is 3.35. The zero-order valence-corrected chi connectivity index (χ0v) is 9.80. The molecule has 1 aromatic carbocycles. The van der Waals surface area contributed by atoms with E-state index in [1.807, 2.05) is 0 Å². The van der Waals surface area contributed by atoms with Gasteiger partial charge in [0.2, 0.25) is 5.91 Å². The number of hydrogen-bond acceptors (Lipinski definition) is 1. The van der Waals surface area contributed by atoms with Crippen LogP contribution in [0.15, 0.2) is 18.2 Å². The minimum absolute atomic E-state index is 0.177. The molecule has 0 atom stereocenters. The summed E-state index contributed by atoms with van der Waals surface area (Å²) in [7, 11) is 0. The third kappa shape index (κ3) is 2.15. The maximum absolute atomic E-state index is 13.7. The first kappa shape index (κ1) is 11.4. The van der Waals surface area contributed by atoms with E-state index in [-0.39, 0.29) is 11.9 Å². The Morgan fingerprint density at radius 1 is 1.28 bits per heavy atom. The van der Waals surface area contributed by atoms with Crippen LogP contribution in [0.25, 0.3) is 5.57 Å². The normalized spacial score (nSPS) is 20.0. The highest BCUT2D eigenvalue weighted by Gasteiger charge is 2.25. The van der Waals surface area contributed by atoms with Gasteiger partial charge in [-0.25, -0.2) is 8.78 Å². The number of carbonyl (C=O) groups is 1. The molecule has 1 aromatic rings. The molecule has 0 aliphatic heterocycles. The molecule has 0 aromatic heterocycles. The molecule has 4 heteroatoms. The lowest BCUT2D eigenvalue weighted by Crippen LogP contribution is -2.23. The van der Waals surface area contributed by atoms with Gasteiger partial charge in [-0.1, -0.05) is 0 Å². The van der Waals surface area contributed by atoms with Crippen LogP contribution in [0.1, 0.15) is 30.4 Å². The van der Waals surface area contributed by atoms with Crippen molar-refractivity contribution in [3.63, 3.8) is 0 Å². The maximum atomic E-state index is 13.7. The molecule has 1 amide bonds. The maximum Gasteiger partial charge on any atom is 0.244 e. The summed E-state index contributed by atoms with van der Waals surface area (Å²) in [6, 6.07) is 2.50. The highest BCUT2D eigenvalue weighted by atomic mass is 19.1. The summed E-state index contributed by atoms with van der Waals surface area (Å²) in [5, 5.41) is 2.83. The summed E-state index contributed by atoms with van der Waals surface area (Å²) in [6.45, 7) is 0. The topological polar surface area (TPSA) is 29.1 Å². The molecule has 2 aliphatic rings. The standard InChI is InChI=1S/C14H13F2NO/c15-10-5-8-1-2-9(14(8)12(16)7-10)6-13(18)17-11-3-4-11/h5-7,11H,1-4H2,(H,17,18)/b9-6-. The Bertz CT molecular complexity index is 547. The molecule has 0 spiro atoms. The number of hydrogen-bond donors (Lipinski definition) is 1. The number of rotatable bonds is 2. The lowest BCUT2D eigenvalue weighted by Gasteiger charge is -2.04. The number of benzene rings is 1. The third-order valence-electron chi connectivity index (χ3n) is 3.35. The summed E-state index contributed by atoms with van der Waals surface area (Å²) in [4.78, 5) is 11.7. The van der Waals surface area contributed by atoms with Gasteiger partial charge in [-0.2, -0.15) is 0 Å². The van der Waals surface area contributed by atoms with Crippen LogP contribution in [-0.2, 0) is 11.2 Å². The SMILES string of the molecule is O=C(/C=C1/CCc2cc(F)cc(F)c21)NC1CC1. The zero-order valence-electron chi connectivity index (χ0n) is 9.80. The smallest absolute Gasteiger partial charge is 0.244 e. The predicted octanol–water partition coefficient (Wildman–Crippen LogP) is 2.57. The number of aryl methyl sites for hydroxylation is 1. The summed E-state index contributed by atoms with van der Waals surface area (Å²) in [6.07, 6.45) is 4.67. The van der Waals surface area contributed by atoms with Crippen LogP contribution in [0.2, 0.25) is 0 Å².